The molecule has 3 N–H and O–H groups in total. The van der Waals surface area contributed by atoms with Crippen molar-refractivity contribution in [2.45, 2.75) is 18.9 Å². The number of hydrogen-bond donors (Lipinski definition) is 2. The molecule has 1 amide bonds. The number of carbonyl (C=O) groups is 1. The van der Waals surface area contributed by atoms with Crippen LogP contribution in [-0.4, -0.2) is 53.3 Å². The van der Waals surface area contributed by atoms with Gasteiger partial charge in [0.05, 0.1) is 29.7 Å². The number of nitrogens with zero attached hydrogens (tertiary/aromatic N) is 1. The fourth-order valence-corrected chi connectivity index (χ4v) is 2.30. The van der Waals surface area contributed by atoms with Gasteiger partial charge in [0.15, 0.2) is 0 Å². The number of nitrogens with two attached hydrogens (primary N) is 1. The zero-order valence-electron chi connectivity index (χ0n) is 9.02. The van der Waals surface area contributed by atoms with E-state index in [0.717, 1.165) is 12.8 Å². The van der Waals surface area contributed by atoms with Crippen LogP contribution in [0.5, 0.6) is 0 Å². The van der Waals surface area contributed by atoms with Crippen molar-refractivity contribution in [2.24, 2.45) is 11.1 Å². The minimum atomic E-state index is -0.591. The summed E-state index contributed by atoms with van der Waals surface area (Å²) in [5, 5.41) is 9.00. The molecular formula is C10H16N2O3S. The molecule has 1 saturated carbocycles. The summed E-state index contributed by atoms with van der Waals surface area (Å²) in [6, 6.07) is 0. The van der Waals surface area contributed by atoms with Gasteiger partial charge < -0.3 is 20.5 Å². The van der Waals surface area contributed by atoms with Crippen molar-refractivity contribution in [3.8, 4) is 0 Å². The van der Waals surface area contributed by atoms with Crippen molar-refractivity contribution in [3.63, 3.8) is 0 Å². The predicted octanol–water partition coefficient (Wildman–Crippen LogP) is -0.728. The highest BCUT2D eigenvalue weighted by Gasteiger charge is 2.54. The van der Waals surface area contributed by atoms with Gasteiger partial charge in [-0.15, -0.1) is 0 Å². The number of thiocarbonyl (C=S) groups is 1. The molecule has 1 atom stereocenters. The Morgan fingerprint density at radius 3 is 2.81 bits per heavy atom. The number of aliphatic hydroxyl groups excluding tert-OH is 1. The molecule has 2 rings (SSSR count). The number of hydrogen-bond acceptors (Lipinski definition) is 4. The summed E-state index contributed by atoms with van der Waals surface area (Å²) in [7, 11) is 0. The Kier molecular flexibility index (Phi) is 3.14. The van der Waals surface area contributed by atoms with E-state index in [2.05, 4.69) is 0 Å². The summed E-state index contributed by atoms with van der Waals surface area (Å²) in [5.41, 5.74) is 5.02. The molecule has 1 saturated heterocycles. The normalized spacial score (nSPS) is 27.6. The summed E-state index contributed by atoms with van der Waals surface area (Å²) in [4.78, 5) is 14.2. The second-order valence-corrected chi connectivity index (χ2v) is 4.81. The molecule has 0 bridgehead atoms. The molecule has 0 aromatic heterocycles. The van der Waals surface area contributed by atoms with E-state index in [4.69, 9.17) is 27.8 Å². The van der Waals surface area contributed by atoms with E-state index in [9.17, 15) is 4.79 Å². The highest BCUT2D eigenvalue weighted by atomic mass is 32.1. The van der Waals surface area contributed by atoms with Crippen LogP contribution in [0, 0.1) is 5.41 Å². The van der Waals surface area contributed by atoms with E-state index >= 15 is 0 Å². The molecule has 1 aliphatic heterocycles. The van der Waals surface area contributed by atoms with Gasteiger partial charge in [-0.25, -0.2) is 0 Å². The van der Waals surface area contributed by atoms with E-state index in [1.165, 1.54) is 0 Å². The lowest BCUT2D eigenvalue weighted by Gasteiger charge is -2.34. The van der Waals surface area contributed by atoms with Crippen LogP contribution >= 0.6 is 12.2 Å². The van der Waals surface area contributed by atoms with Gasteiger partial charge in [-0.05, 0) is 12.8 Å². The first-order chi connectivity index (χ1) is 7.60. The zero-order chi connectivity index (χ0) is 11.8. The van der Waals surface area contributed by atoms with Gasteiger partial charge in [0.25, 0.3) is 0 Å². The van der Waals surface area contributed by atoms with E-state index in [0.29, 0.717) is 24.7 Å². The largest absolute Gasteiger partial charge is 0.394 e. The molecule has 6 heteroatoms. The second kappa shape index (κ2) is 4.27. The van der Waals surface area contributed by atoms with Gasteiger partial charge in [0.1, 0.15) is 0 Å². The average Bonchev–Trinajstić information content (AvgIpc) is 3.09. The summed E-state index contributed by atoms with van der Waals surface area (Å²) < 4.78 is 5.29. The van der Waals surface area contributed by atoms with E-state index in [1.807, 2.05) is 0 Å². The molecule has 0 spiro atoms. The first-order valence-electron chi connectivity index (χ1n) is 5.42. The van der Waals surface area contributed by atoms with Gasteiger partial charge in [-0.3, -0.25) is 4.79 Å². The molecule has 1 heterocycles. The van der Waals surface area contributed by atoms with Crippen molar-refractivity contribution in [2.75, 3.05) is 26.3 Å². The van der Waals surface area contributed by atoms with Crippen molar-refractivity contribution in [1.82, 2.24) is 4.90 Å². The van der Waals surface area contributed by atoms with Crippen molar-refractivity contribution >= 4 is 23.1 Å². The van der Waals surface area contributed by atoms with Crippen LogP contribution in [0.25, 0.3) is 0 Å². The first-order valence-corrected chi connectivity index (χ1v) is 5.83. The van der Waals surface area contributed by atoms with Gasteiger partial charge in [0.2, 0.25) is 5.91 Å². The molecule has 1 unspecified atom stereocenters. The Balaban J connectivity index is 2.02. The Labute approximate surface area is 99.5 Å². The molecule has 90 valence electrons. The maximum Gasteiger partial charge on any atom is 0.235 e. The maximum absolute atomic E-state index is 12.2. The number of carbonyl (C=O) groups excluding carboxylic acids is 1. The topological polar surface area (TPSA) is 75.8 Å². The van der Waals surface area contributed by atoms with Crippen molar-refractivity contribution < 1.29 is 14.6 Å². The second-order valence-electron chi connectivity index (χ2n) is 4.37. The molecule has 0 aromatic carbocycles. The van der Waals surface area contributed by atoms with Gasteiger partial charge >= 0.3 is 0 Å². The molecule has 16 heavy (non-hydrogen) atoms. The standard InChI is InChI=1S/C10H16N2O3S/c11-8(16)10(1-2-10)9(14)12-3-4-15-7(5-12)6-13/h7,13H,1-6H2,(H2,11,16). The number of aliphatic hydroxyl groups is 1. The predicted molar refractivity (Wildman–Crippen MR) is 61.9 cm³/mol. The monoisotopic (exact) mass is 244 g/mol. The first kappa shape index (κ1) is 11.8. The lowest BCUT2D eigenvalue weighted by atomic mass is 10.0. The van der Waals surface area contributed by atoms with Crippen LogP contribution in [0.2, 0.25) is 0 Å². The Hall–Kier alpha value is -0.720. The maximum atomic E-state index is 12.2. The Bertz CT molecular complexity index is 317. The van der Waals surface area contributed by atoms with E-state index in [-0.39, 0.29) is 18.6 Å². The van der Waals surface area contributed by atoms with Crippen molar-refractivity contribution in [1.29, 1.82) is 0 Å². The highest BCUT2D eigenvalue weighted by Crippen LogP contribution is 2.47. The van der Waals surface area contributed by atoms with Crippen LogP contribution in [0.1, 0.15) is 12.8 Å². The lowest BCUT2D eigenvalue weighted by molar-refractivity contribution is -0.143. The number of ether oxygens (including phenoxy) is 1. The summed E-state index contributed by atoms with van der Waals surface area (Å²) >= 11 is 4.95. The lowest BCUT2D eigenvalue weighted by Crippen LogP contribution is -2.51. The van der Waals surface area contributed by atoms with Crippen LogP contribution in [0.3, 0.4) is 0 Å². The van der Waals surface area contributed by atoms with Crippen LogP contribution in [-0.2, 0) is 9.53 Å². The summed E-state index contributed by atoms with van der Waals surface area (Å²) in [5.74, 6) is 0.00162. The third kappa shape index (κ3) is 1.92. The van der Waals surface area contributed by atoms with Gasteiger partial charge in [-0.1, -0.05) is 12.2 Å². The van der Waals surface area contributed by atoms with Crippen LogP contribution in [0.4, 0.5) is 0 Å². The summed E-state index contributed by atoms with van der Waals surface area (Å²) in [6.45, 7) is 1.38. The molecule has 5 nitrogen and oxygen atoms in total. The Morgan fingerprint density at radius 1 is 1.62 bits per heavy atom. The third-order valence-electron chi connectivity index (χ3n) is 3.26. The SMILES string of the molecule is NC(=S)C1(C(=O)N2CCOC(CO)C2)CC1. The molecule has 1 aliphatic carbocycles. The number of morpholine rings is 1. The molecule has 2 aliphatic rings. The number of amides is 1. The molecule has 2 fully saturated rings. The smallest absolute Gasteiger partial charge is 0.235 e. The minimum absolute atomic E-state index is 0.00162. The van der Waals surface area contributed by atoms with Crippen LogP contribution < -0.4 is 5.73 Å². The number of rotatable bonds is 3. The highest BCUT2D eigenvalue weighted by molar-refractivity contribution is 7.80. The fourth-order valence-electron chi connectivity index (χ4n) is 2.01. The van der Waals surface area contributed by atoms with Crippen molar-refractivity contribution in [3.05, 3.63) is 0 Å². The van der Waals surface area contributed by atoms with Gasteiger partial charge in [0, 0.05) is 13.1 Å². The quantitative estimate of drug-likeness (QED) is 0.640. The third-order valence-corrected chi connectivity index (χ3v) is 3.65. The average molecular weight is 244 g/mol. The molecular weight excluding hydrogens is 228 g/mol. The Morgan fingerprint density at radius 2 is 2.31 bits per heavy atom. The fraction of sp³-hybridized carbons (Fsp3) is 0.800. The zero-order valence-corrected chi connectivity index (χ0v) is 9.83. The summed E-state index contributed by atoms with van der Waals surface area (Å²) in [6.07, 6.45) is 1.23. The van der Waals surface area contributed by atoms with Gasteiger partial charge in [-0.2, -0.15) is 0 Å². The van der Waals surface area contributed by atoms with E-state index < -0.39 is 5.41 Å². The minimum Gasteiger partial charge on any atom is -0.394 e. The molecule has 0 aromatic rings. The van der Waals surface area contributed by atoms with Crippen LogP contribution in [0.15, 0.2) is 0 Å². The molecule has 0 radical (unpaired) electrons. The van der Waals surface area contributed by atoms with E-state index in [1.54, 1.807) is 4.90 Å².